The van der Waals surface area contributed by atoms with Crippen molar-refractivity contribution in [3.8, 4) is 0 Å². The molecule has 2 N–H and O–H groups in total. The quantitative estimate of drug-likeness (QED) is 0.771. The zero-order valence-electron chi connectivity index (χ0n) is 9.16. The van der Waals surface area contributed by atoms with E-state index >= 15 is 0 Å². The maximum atomic E-state index is 11.2. The Morgan fingerprint density at radius 1 is 1.53 bits per heavy atom. The van der Waals surface area contributed by atoms with Crippen LogP contribution in [-0.4, -0.2) is 23.5 Å². The van der Waals surface area contributed by atoms with Crippen molar-refractivity contribution >= 4 is 11.6 Å². The maximum absolute atomic E-state index is 11.2. The summed E-state index contributed by atoms with van der Waals surface area (Å²) in [5.74, 6) is 0.0730. The molecule has 82 valence electrons. The number of rotatable bonds is 2. The van der Waals surface area contributed by atoms with Gasteiger partial charge in [-0.15, -0.1) is 0 Å². The molecule has 0 spiro atoms. The molecule has 2 rings (SSSR count). The molecular formula is C11H17N3O. The zero-order valence-corrected chi connectivity index (χ0v) is 9.16. The molecule has 1 unspecified atom stereocenters. The Morgan fingerprint density at radius 2 is 2.33 bits per heavy atom. The first-order valence-corrected chi connectivity index (χ1v) is 5.30. The van der Waals surface area contributed by atoms with Crippen LogP contribution in [0.15, 0.2) is 24.5 Å². The number of carbonyl (C=O) groups is 1. The summed E-state index contributed by atoms with van der Waals surface area (Å²) in [5, 5.41) is 5.88. The lowest BCUT2D eigenvalue weighted by atomic mass is 10.2. The van der Waals surface area contributed by atoms with Crippen LogP contribution < -0.4 is 10.6 Å². The number of nitrogens with one attached hydrogen (secondary N) is 2. The summed E-state index contributed by atoms with van der Waals surface area (Å²) in [6.45, 7) is 4.76. The van der Waals surface area contributed by atoms with Gasteiger partial charge in [0.2, 0.25) is 5.91 Å². The molecule has 0 aromatic carbocycles. The fraction of sp³-hybridized carbons (Fsp3) is 0.455. The van der Waals surface area contributed by atoms with Gasteiger partial charge in [-0.25, -0.2) is 0 Å². The summed E-state index contributed by atoms with van der Waals surface area (Å²) in [6.07, 6.45) is 4.26. The van der Waals surface area contributed by atoms with Crippen LogP contribution in [0.25, 0.3) is 0 Å². The van der Waals surface area contributed by atoms with Gasteiger partial charge in [-0.1, -0.05) is 13.8 Å². The van der Waals surface area contributed by atoms with E-state index in [9.17, 15) is 4.79 Å². The van der Waals surface area contributed by atoms with Crippen LogP contribution in [0.3, 0.4) is 0 Å². The van der Waals surface area contributed by atoms with E-state index in [1.165, 1.54) is 0 Å². The van der Waals surface area contributed by atoms with E-state index in [1.54, 1.807) is 12.4 Å². The van der Waals surface area contributed by atoms with Crippen LogP contribution in [0.2, 0.25) is 0 Å². The van der Waals surface area contributed by atoms with Gasteiger partial charge in [0.05, 0.1) is 5.69 Å². The van der Waals surface area contributed by atoms with Gasteiger partial charge in [0.1, 0.15) is 6.04 Å². The topological polar surface area (TPSA) is 54.0 Å². The lowest BCUT2D eigenvalue weighted by Gasteiger charge is -2.09. The van der Waals surface area contributed by atoms with Crippen LogP contribution >= 0.6 is 0 Å². The molecule has 1 atom stereocenters. The molecule has 1 aromatic heterocycles. The third kappa shape index (κ3) is 3.23. The standard InChI is InChI=1S/C9H11N3O.C2H6/c13-9-8(3-5-11-9)12-7-2-1-4-10-6-7;1-2/h1-2,4,6,8,12H,3,5H2,(H,11,13);1-2H3. The Bertz CT molecular complexity index is 300. The molecule has 4 nitrogen and oxygen atoms in total. The number of nitrogens with zero attached hydrogens (tertiary/aromatic N) is 1. The molecule has 1 aromatic rings. The Kier molecular flexibility index (Phi) is 4.60. The molecule has 0 saturated carbocycles. The van der Waals surface area contributed by atoms with E-state index in [2.05, 4.69) is 15.6 Å². The maximum Gasteiger partial charge on any atom is 0.242 e. The molecule has 1 amide bonds. The minimum Gasteiger partial charge on any atom is -0.372 e. The van der Waals surface area contributed by atoms with Crippen molar-refractivity contribution < 1.29 is 4.79 Å². The van der Waals surface area contributed by atoms with Crippen LogP contribution in [0.5, 0.6) is 0 Å². The number of amides is 1. The van der Waals surface area contributed by atoms with E-state index in [0.717, 1.165) is 18.7 Å². The molecule has 1 aliphatic heterocycles. The minimum atomic E-state index is -0.0933. The van der Waals surface area contributed by atoms with Gasteiger partial charge < -0.3 is 10.6 Å². The summed E-state index contributed by atoms with van der Waals surface area (Å²) in [4.78, 5) is 15.1. The smallest absolute Gasteiger partial charge is 0.242 e. The van der Waals surface area contributed by atoms with Gasteiger partial charge in [-0.2, -0.15) is 0 Å². The molecule has 15 heavy (non-hydrogen) atoms. The minimum absolute atomic E-state index is 0.0730. The predicted octanol–water partition coefficient (Wildman–Crippen LogP) is 1.41. The van der Waals surface area contributed by atoms with E-state index in [1.807, 2.05) is 26.0 Å². The number of carbonyl (C=O) groups excluding carboxylic acids is 1. The largest absolute Gasteiger partial charge is 0.372 e. The van der Waals surface area contributed by atoms with Crippen LogP contribution in [-0.2, 0) is 4.79 Å². The first kappa shape index (κ1) is 11.5. The van der Waals surface area contributed by atoms with E-state index in [4.69, 9.17) is 0 Å². The van der Waals surface area contributed by atoms with E-state index in [-0.39, 0.29) is 11.9 Å². The second-order valence-corrected chi connectivity index (χ2v) is 3.02. The highest BCUT2D eigenvalue weighted by atomic mass is 16.2. The van der Waals surface area contributed by atoms with Crippen molar-refractivity contribution in [3.63, 3.8) is 0 Å². The summed E-state index contributed by atoms with van der Waals surface area (Å²) >= 11 is 0. The normalized spacial score (nSPS) is 18.8. The Morgan fingerprint density at radius 3 is 2.87 bits per heavy atom. The molecule has 4 heteroatoms. The Hall–Kier alpha value is -1.58. The third-order valence-corrected chi connectivity index (χ3v) is 2.05. The summed E-state index contributed by atoms with van der Waals surface area (Å²) in [7, 11) is 0. The number of anilines is 1. The molecule has 2 heterocycles. The number of aromatic nitrogens is 1. The lowest BCUT2D eigenvalue weighted by Crippen LogP contribution is -2.29. The van der Waals surface area contributed by atoms with Gasteiger partial charge >= 0.3 is 0 Å². The molecule has 1 aliphatic rings. The number of hydrogen-bond acceptors (Lipinski definition) is 3. The Labute approximate surface area is 90.1 Å². The molecular weight excluding hydrogens is 190 g/mol. The number of hydrogen-bond donors (Lipinski definition) is 2. The van der Waals surface area contributed by atoms with Crippen molar-refractivity contribution in [2.75, 3.05) is 11.9 Å². The third-order valence-electron chi connectivity index (χ3n) is 2.05. The van der Waals surface area contributed by atoms with E-state index in [0.29, 0.717) is 0 Å². The van der Waals surface area contributed by atoms with Crippen LogP contribution in [0, 0.1) is 0 Å². The van der Waals surface area contributed by atoms with Gasteiger partial charge in [-0.05, 0) is 18.6 Å². The van der Waals surface area contributed by atoms with Gasteiger partial charge in [0.15, 0.2) is 0 Å². The highest BCUT2D eigenvalue weighted by Gasteiger charge is 2.23. The average molecular weight is 207 g/mol. The highest BCUT2D eigenvalue weighted by molar-refractivity contribution is 5.86. The fourth-order valence-electron chi connectivity index (χ4n) is 1.38. The van der Waals surface area contributed by atoms with Crippen LogP contribution in [0.4, 0.5) is 5.69 Å². The van der Waals surface area contributed by atoms with Crippen molar-refractivity contribution in [2.24, 2.45) is 0 Å². The molecule has 0 bridgehead atoms. The highest BCUT2D eigenvalue weighted by Crippen LogP contribution is 2.09. The molecule has 1 saturated heterocycles. The Balaban J connectivity index is 0.000000531. The molecule has 1 fully saturated rings. The summed E-state index contributed by atoms with van der Waals surface area (Å²) in [5.41, 5.74) is 0.893. The lowest BCUT2D eigenvalue weighted by molar-refractivity contribution is -0.119. The van der Waals surface area contributed by atoms with Crippen molar-refractivity contribution in [1.29, 1.82) is 0 Å². The van der Waals surface area contributed by atoms with E-state index < -0.39 is 0 Å². The first-order chi connectivity index (χ1) is 7.36. The first-order valence-electron chi connectivity index (χ1n) is 5.30. The molecule has 0 radical (unpaired) electrons. The number of pyridine rings is 1. The zero-order chi connectivity index (χ0) is 11.1. The van der Waals surface area contributed by atoms with Crippen molar-refractivity contribution in [1.82, 2.24) is 10.3 Å². The second kappa shape index (κ2) is 6.01. The second-order valence-electron chi connectivity index (χ2n) is 3.02. The SMILES string of the molecule is CC.O=C1NCCC1Nc1cccnc1. The van der Waals surface area contributed by atoms with Gasteiger partial charge in [-0.3, -0.25) is 9.78 Å². The summed E-state index contributed by atoms with van der Waals surface area (Å²) < 4.78 is 0. The average Bonchev–Trinajstić information content (AvgIpc) is 2.69. The fourth-order valence-corrected chi connectivity index (χ4v) is 1.38. The van der Waals surface area contributed by atoms with Gasteiger partial charge in [0.25, 0.3) is 0 Å². The van der Waals surface area contributed by atoms with Crippen molar-refractivity contribution in [2.45, 2.75) is 26.3 Å². The summed E-state index contributed by atoms with van der Waals surface area (Å²) in [6, 6.07) is 3.65. The monoisotopic (exact) mass is 207 g/mol. The van der Waals surface area contributed by atoms with Crippen molar-refractivity contribution in [3.05, 3.63) is 24.5 Å². The van der Waals surface area contributed by atoms with Crippen LogP contribution in [0.1, 0.15) is 20.3 Å². The van der Waals surface area contributed by atoms with Gasteiger partial charge in [0, 0.05) is 18.9 Å². The predicted molar refractivity (Wildman–Crippen MR) is 60.6 cm³/mol. The molecule has 0 aliphatic carbocycles.